The van der Waals surface area contributed by atoms with E-state index in [2.05, 4.69) is 20.9 Å². The Hall–Kier alpha value is -3.26. The summed E-state index contributed by atoms with van der Waals surface area (Å²) >= 11 is 5.98. The van der Waals surface area contributed by atoms with Gasteiger partial charge < -0.3 is 16.0 Å². The molecule has 0 saturated carbocycles. The molecule has 9 heteroatoms. The quantitative estimate of drug-likeness (QED) is 0.429. The molecule has 0 bridgehead atoms. The summed E-state index contributed by atoms with van der Waals surface area (Å²) in [5.74, 6) is 0.476. The van der Waals surface area contributed by atoms with Crippen LogP contribution in [0, 0.1) is 0 Å². The molecule has 2 amide bonds. The third-order valence-corrected chi connectivity index (χ3v) is 4.46. The van der Waals surface area contributed by atoms with Crippen molar-refractivity contribution in [3.05, 3.63) is 71.4 Å². The third kappa shape index (κ3) is 5.21. The molecule has 0 atom stereocenters. The number of aromatic nitrogens is 1. The SMILES string of the molecule is CCNc1cc(-c2ccc(NC(=O)Nc3ccccc3Cl)cc2C(F)(F)F)ccn1. The minimum absolute atomic E-state index is 0.00316. The molecule has 0 aliphatic carbocycles. The molecule has 3 aromatic rings. The van der Waals surface area contributed by atoms with Crippen LogP contribution < -0.4 is 16.0 Å². The second-order valence-electron chi connectivity index (χ2n) is 6.28. The number of hydrogen-bond donors (Lipinski definition) is 3. The van der Waals surface area contributed by atoms with Crippen molar-refractivity contribution in [1.29, 1.82) is 0 Å². The van der Waals surface area contributed by atoms with E-state index in [1.807, 2.05) is 6.92 Å². The van der Waals surface area contributed by atoms with Crippen molar-refractivity contribution in [2.24, 2.45) is 0 Å². The molecule has 0 spiro atoms. The van der Waals surface area contributed by atoms with Crippen LogP contribution in [0.2, 0.25) is 5.02 Å². The van der Waals surface area contributed by atoms with E-state index in [1.165, 1.54) is 24.4 Å². The van der Waals surface area contributed by atoms with Crippen molar-refractivity contribution in [3.63, 3.8) is 0 Å². The Balaban J connectivity index is 1.89. The van der Waals surface area contributed by atoms with Crippen molar-refractivity contribution in [3.8, 4) is 11.1 Å². The Kier molecular flexibility index (Phi) is 6.47. The first-order chi connectivity index (χ1) is 14.3. The van der Waals surface area contributed by atoms with Gasteiger partial charge in [-0.2, -0.15) is 13.2 Å². The molecule has 3 N–H and O–H groups in total. The molecular weight excluding hydrogens is 417 g/mol. The number of rotatable bonds is 5. The maximum Gasteiger partial charge on any atom is 0.417 e. The maximum atomic E-state index is 13.7. The lowest BCUT2D eigenvalue weighted by Crippen LogP contribution is -2.20. The number of para-hydroxylation sites is 1. The van der Waals surface area contributed by atoms with Crippen molar-refractivity contribution in [2.75, 3.05) is 22.5 Å². The molecule has 5 nitrogen and oxygen atoms in total. The predicted molar refractivity (Wildman–Crippen MR) is 113 cm³/mol. The lowest BCUT2D eigenvalue weighted by atomic mass is 9.99. The number of nitrogens with one attached hydrogen (secondary N) is 3. The fourth-order valence-corrected chi connectivity index (χ4v) is 3.01. The van der Waals surface area contributed by atoms with Gasteiger partial charge in [0.05, 0.1) is 16.3 Å². The van der Waals surface area contributed by atoms with Gasteiger partial charge in [-0.1, -0.05) is 29.8 Å². The first-order valence-electron chi connectivity index (χ1n) is 9.02. The van der Waals surface area contributed by atoms with Crippen LogP contribution in [-0.4, -0.2) is 17.6 Å². The van der Waals surface area contributed by atoms with Gasteiger partial charge in [0.2, 0.25) is 0 Å². The van der Waals surface area contributed by atoms with Crippen LogP contribution in [0.3, 0.4) is 0 Å². The summed E-state index contributed by atoms with van der Waals surface area (Å²) in [5.41, 5.74) is -0.179. The van der Waals surface area contributed by atoms with Crippen LogP contribution in [-0.2, 0) is 6.18 Å². The topological polar surface area (TPSA) is 66.0 Å². The Labute approximate surface area is 176 Å². The molecule has 0 unspecified atom stereocenters. The summed E-state index contributed by atoms with van der Waals surface area (Å²) in [6.07, 6.45) is -3.18. The molecule has 1 heterocycles. The van der Waals surface area contributed by atoms with Crippen LogP contribution in [0.15, 0.2) is 60.8 Å². The number of carbonyl (C=O) groups excluding carboxylic acids is 1. The normalized spacial score (nSPS) is 11.1. The van der Waals surface area contributed by atoms with Crippen molar-refractivity contribution >= 4 is 34.8 Å². The maximum absolute atomic E-state index is 13.7. The molecule has 30 heavy (non-hydrogen) atoms. The lowest BCUT2D eigenvalue weighted by molar-refractivity contribution is -0.137. The lowest BCUT2D eigenvalue weighted by Gasteiger charge is -2.16. The number of halogens is 4. The van der Waals surface area contributed by atoms with Crippen LogP contribution >= 0.6 is 11.6 Å². The number of alkyl halides is 3. The highest BCUT2D eigenvalue weighted by Gasteiger charge is 2.34. The zero-order valence-corrected chi connectivity index (χ0v) is 16.6. The van der Waals surface area contributed by atoms with Gasteiger partial charge in [-0.25, -0.2) is 9.78 Å². The first-order valence-corrected chi connectivity index (χ1v) is 9.40. The fraction of sp³-hybridized carbons (Fsp3) is 0.143. The summed E-state index contributed by atoms with van der Waals surface area (Å²) in [6.45, 7) is 2.45. The third-order valence-electron chi connectivity index (χ3n) is 4.13. The summed E-state index contributed by atoms with van der Waals surface area (Å²) in [5, 5.41) is 8.20. The van der Waals surface area contributed by atoms with E-state index < -0.39 is 17.8 Å². The molecule has 0 radical (unpaired) electrons. The summed E-state index contributed by atoms with van der Waals surface area (Å²) < 4.78 is 41.2. The van der Waals surface area contributed by atoms with Crippen molar-refractivity contribution in [1.82, 2.24) is 4.98 Å². The van der Waals surface area contributed by atoms with Gasteiger partial charge in [-0.15, -0.1) is 0 Å². The monoisotopic (exact) mass is 434 g/mol. The van der Waals surface area contributed by atoms with Gasteiger partial charge in [0, 0.05) is 18.4 Å². The molecule has 2 aromatic carbocycles. The molecular formula is C21H18ClF3N4O. The molecule has 1 aromatic heterocycles. The number of benzene rings is 2. The van der Waals surface area contributed by atoms with Gasteiger partial charge in [-0.3, -0.25) is 0 Å². The van der Waals surface area contributed by atoms with E-state index in [4.69, 9.17) is 11.6 Å². The minimum atomic E-state index is -4.62. The number of amides is 2. The second kappa shape index (κ2) is 9.04. The standard InChI is InChI=1S/C21H18ClF3N4O/c1-2-26-19-11-13(9-10-27-19)15-8-7-14(12-16(15)21(23,24)25)28-20(30)29-18-6-4-3-5-17(18)22/h3-12H,2H2,1H3,(H,26,27)(H2,28,29,30). The summed E-state index contributed by atoms with van der Waals surface area (Å²) in [6, 6.07) is 12.5. The van der Waals surface area contributed by atoms with Crippen molar-refractivity contribution in [2.45, 2.75) is 13.1 Å². The Morgan fingerprint density at radius 2 is 1.83 bits per heavy atom. The summed E-state index contributed by atoms with van der Waals surface area (Å²) in [7, 11) is 0. The fourth-order valence-electron chi connectivity index (χ4n) is 2.83. The smallest absolute Gasteiger partial charge is 0.370 e. The number of pyridine rings is 1. The number of hydrogen-bond acceptors (Lipinski definition) is 3. The van der Waals surface area contributed by atoms with Gasteiger partial charge >= 0.3 is 12.2 Å². The van der Waals surface area contributed by atoms with E-state index in [1.54, 1.807) is 30.3 Å². The van der Waals surface area contributed by atoms with Gasteiger partial charge in [0.25, 0.3) is 0 Å². The Bertz CT molecular complexity index is 1060. The second-order valence-corrected chi connectivity index (χ2v) is 6.68. The van der Waals surface area contributed by atoms with Crippen LogP contribution in [0.25, 0.3) is 11.1 Å². The van der Waals surface area contributed by atoms with Crippen LogP contribution in [0.1, 0.15) is 12.5 Å². The number of nitrogens with zero attached hydrogens (tertiary/aromatic N) is 1. The van der Waals surface area contributed by atoms with E-state index in [0.717, 1.165) is 6.07 Å². The van der Waals surface area contributed by atoms with E-state index in [0.29, 0.717) is 28.6 Å². The Morgan fingerprint density at radius 1 is 1.07 bits per heavy atom. The number of anilines is 3. The highest BCUT2D eigenvalue weighted by Crippen LogP contribution is 2.39. The molecule has 0 saturated heterocycles. The van der Waals surface area contributed by atoms with E-state index in [-0.39, 0.29) is 11.3 Å². The average Bonchev–Trinajstić information content (AvgIpc) is 2.69. The number of carbonyl (C=O) groups is 1. The minimum Gasteiger partial charge on any atom is -0.370 e. The van der Waals surface area contributed by atoms with Gasteiger partial charge in [0.15, 0.2) is 0 Å². The van der Waals surface area contributed by atoms with Gasteiger partial charge in [-0.05, 0) is 54.4 Å². The zero-order chi connectivity index (χ0) is 21.7. The van der Waals surface area contributed by atoms with Gasteiger partial charge in [0.1, 0.15) is 5.82 Å². The molecule has 156 valence electrons. The van der Waals surface area contributed by atoms with Crippen molar-refractivity contribution < 1.29 is 18.0 Å². The molecule has 0 aliphatic heterocycles. The van der Waals surface area contributed by atoms with E-state index >= 15 is 0 Å². The number of urea groups is 1. The molecule has 0 aliphatic rings. The molecule has 3 rings (SSSR count). The predicted octanol–water partition coefficient (Wildman–Crippen LogP) is 6.50. The average molecular weight is 435 g/mol. The van der Waals surface area contributed by atoms with Crippen LogP contribution in [0.4, 0.5) is 35.2 Å². The highest BCUT2D eigenvalue weighted by molar-refractivity contribution is 6.33. The van der Waals surface area contributed by atoms with Crippen LogP contribution in [0.5, 0.6) is 0 Å². The highest BCUT2D eigenvalue weighted by atomic mass is 35.5. The van der Waals surface area contributed by atoms with E-state index in [9.17, 15) is 18.0 Å². The largest absolute Gasteiger partial charge is 0.417 e. The molecule has 0 fully saturated rings. The summed E-state index contributed by atoms with van der Waals surface area (Å²) in [4.78, 5) is 16.3. The zero-order valence-electron chi connectivity index (χ0n) is 15.8. The first kappa shape index (κ1) is 21.4. The Morgan fingerprint density at radius 3 is 2.53 bits per heavy atom.